The number of piperidine rings is 1. The van der Waals surface area contributed by atoms with Crippen LogP contribution in [0.3, 0.4) is 0 Å². The highest BCUT2D eigenvalue weighted by Gasteiger charge is 2.35. The van der Waals surface area contributed by atoms with Crippen LogP contribution in [0.5, 0.6) is 0 Å². The van der Waals surface area contributed by atoms with Crippen LogP contribution in [0.4, 0.5) is 0 Å². The fraction of sp³-hybridized carbons (Fsp3) is 0.875. The molecule has 2 N–H and O–H groups in total. The smallest absolute Gasteiger partial charge is 0.242 e. The molecule has 5 nitrogen and oxygen atoms in total. The summed E-state index contributed by atoms with van der Waals surface area (Å²) < 4.78 is 0. The molecule has 2 fully saturated rings. The van der Waals surface area contributed by atoms with Gasteiger partial charge in [0.05, 0.1) is 0 Å². The summed E-state index contributed by atoms with van der Waals surface area (Å²) in [5.74, 6) is 0.167. The van der Waals surface area contributed by atoms with Crippen LogP contribution < -0.4 is 10.6 Å². The fourth-order valence-electron chi connectivity index (χ4n) is 3.32. The Bertz CT molecular complexity index is 378. The molecule has 5 heteroatoms. The normalized spacial score (nSPS) is 24.9. The summed E-state index contributed by atoms with van der Waals surface area (Å²) in [5, 5.41) is 6.45. The van der Waals surface area contributed by atoms with E-state index in [0.717, 1.165) is 58.3 Å². The largest absolute Gasteiger partial charge is 0.354 e. The van der Waals surface area contributed by atoms with E-state index in [0.29, 0.717) is 6.42 Å². The van der Waals surface area contributed by atoms with Crippen molar-refractivity contribution in [2.24, 2.45) is 5.41 Å². The highest BCUT2D eigenvalue weighted by Crippen LogP contribution is 2.27. The number of amides is 2. The first-order valence-electron chi connectivity index (χ1n) is 8.34. The highest BCUT2D eigenvalue weighted by molar-refractivity contribution is 5.88. The molecule has 0 aliphatic carbocycles. The van der Waals surface area contributed by atoms with Gasteiger partial charge in [0.2, 0.25) is 11.8 Å². The zero-order valence-corrected chi connectivity index (χ0v) is 13.4. The minimum absolute atomic E-state index is 0.0386. The molecule has 2 amide bonds. The van der Waals surface area contributed by atoms with Gasteiger partial charge in [-0.05, 0) is 50.6 Å². The van der Waals surface area contributed by atoms with Crippen molar-refractivity contribution in [1.82, 2.24) is 15.5 Å². The second-order valence-corrected chi connectivity index (χ2v) is 6.77. The van der Waals surface area contributed by atoms with E-state index in [1.165, 1.54) is 0 Å². The molecule has 2 aliphatic rings. The Morgan fingerprint density at radius 1 is 1.33 bits per heavy atom. The van der Waals surface area contributed by atoms with Crippen molar-refractivity contribution >= 4 is 11.8 Å². The number of likely N-dealkylation sites (tertiary alicyclic amines) is 1. The molecule has 0 aromatic heterocycles. The number of carbonyl (C=O) groups excluding carboxylic acids is 2. The summed E-state index contributed by atoms with van der Waals surface area (Å²) in [5.41, 5.74) is 0.192. The summed E-state index contributed by atoms with van der Waals surface area (Å²) >= 11 is 0. The quantitative estimate of drug-likeness (QED) is 0.803. The maximum Gasteiger partial charge on any atom is 0.242 e. The Morgan fingerprint density at radius 2 is 2.05 bits per heavy atom. The predicted molar refractivity (Wildman–Crippen MR) is 82.9 cm³/mol. The topological polar surface area (TPSA) is 61.4 Å². The van der Waals surface area contributed by atoms with Crippen molar-refractivity contribution in [3.05, 3.63) is 0 Å². The standard InChI is InChI=1S/C16H29N3O2/c1-3-5-14(20)19-11-4-6-13(19)15(21)18-12-16(2)7-9-17-10-8-16/h13,17H,3-12H2,1-2H3,(H,18,21). The summed E-state index contributed by atoms with van der Waals surface area (Å²) in [6, 6.07) is -0.241. The van der Waals surface area contributed by atoms with Gasteiger partial charge in [0, 0.05) is 19.5 Å². The van der Waals surface area contributed by atoms with Gasteiger partial charge >= 0.3 is 0 Å². The Labute approximate surface area is 127 Å². The van der Waals surface area contributed by atoms with Crippen LogP contribution in [0.25, 0.3) is 0 Å². The van der Waals surface area contributed by atoms with Crippen LogP contribution >= 0.6 is 0 Å². The summed E-state index contributed by atoms with van der Waals surface area (Å²) in [6.45, 7) is 7.75. The molecule has 0 spiro atoms. The predicted octanol–water partition coefficient (Wildman–Crippen LogP) is 1.28. The van der Waals surface area contributed by atoms with Gasteiger partial charge in [0.1, 0.15) is 6.04 Å². The monoisotopic (exact) mass is 295 g/mol. The molecule has 120 valence electrons. The van der Waals surface area contributed by atoms with Crippen molar-refractivity contribution in [3.8, 4) is 0 Å². The number of hydrogen-bond donors (Lipinski definition) is 2. The minimum atomic E-state index is -0.241. The van der Waals surface area contributed by atoms with E-state index in [9.17, 15) is 9.59 Å². The minimum Gasteiger partial charge on any atom is -0.354 e. The maximum absolute atomic E-state index is 12.4. The average molecular weight is 295 g/mol. The van der Waals surface area contributed by atoms with Crippen LogP contribution in [-0.2, 0) is 9.59 Å². The molecule has 0 radical (unpaired) electrons. The first-order valence-corrected chi connectivity index (χ1v) is 8.34. The number of nitrogens with one attached hydrogen (secondary N) is 2. The van der Waals surface area contributed by atoms with Gasteiger partial charge in [-0.25, -0.2) is 0 Å². The third kappa shape index (κ3) is 4.19. The first kappa shape index (κ1) is 16.3. The van der Waals surface area contributed by atoms with Gasteiger partial charge in [-0.3, -0.25) is 9.59 Å². The average Bonchev–Trinajstić information content (AvgIpc) is 2.95. The van der Waals surface area contributed by atoms with Crippen LogP contribution in [0.2, 0.25) is 0 Å². The molecule has 0 saturated carbocycles. The number of rotatable bonds is 5. The van der Waals surface area contributed by atoms with E-state index in [1.54, 1.807) is 4.90 Å². The molecule has 0 aromatic rings. The van der Waals surface area contributed by atoms with Gasteiger partial charge in [-0.15, -0.1) is 0 Å². The lowest BCUT2D eigenvalue weighted by Crippen LogP contribution is -2.49. The molecule has 2 aliphatic heterocycles. The summed E-state index contributed by atoms with van der Waals surface area (Å²) in [7, 11) is 0. The van der Waals surface area contributed by atoms with Crippen molar-refractivity contribution < 1.29 is 9.59 Å². The van der Waals surface area contributed by atoms with Crippen LogP contribution in [0.15, 0.2) is 0 Å². The Morgan fingerprint density at radius 3 is 2.71 bits per heavy atom. The first-order chi connectivity index (χ1) is 10.1. The summed E-state index contributed by atoms with van der Waals surface area (Å²) in [6.07, 6.45) is 5.32. The van der Waals surface area contributed by atoms with E-state index in [-0.39, 0.29) is 23.3 Å². The fourth-order valence-corrected chi connectivity index (χ4v) is 3.32. The lowest BCUT2D eigenvalue weighted by atomic mass is 9.81. The molecule has 0 aromatic carbocycles. The Balaban J connectivity index is 1.85. The zero-order chi connectivity index (χ0) is 15.3. The third-order valence-corrected chi connectivity index (χ3v) is 4.84. The van der Waals surface area contributed by atoms with Crippen molar-refractivity contribution in [2.45, 2.75) is 58.4 Å². The molecule has 0 bridgehead atoms. The lowest BCUT2D eigenvalue weighted by Gasteiger charge is -2.35. The summed E-state index contributed by atoms with van der Waals surface area (Å²) in [4.78, 5) is 26.3. The molecule has 2 heterocycles. The van der Waals surface area contributed by atoms with Gasteiger partial charge in [-0.1, -0.05) is 13.8 Å². The molecule has 1 atom stereocenters. The highest BCUT2D eigenvalue weighted by atomic mass is 16.2. The maximum atomic E-state index is 12.4. The van der Waals surface area contributed by atoms with Crippen molar-refractivity contribution in [1.29, 1.82) is 0 Å². The molecule has 1 unspecified atom stereocenters. The zero-order valence-electron chi connectivity index (χ0n) is 13.4. The molecule has 21 heavy (non-hydrogen) atoms. The Hall–Kier alpha value is -1.10. The van der Waals surface area contributed by atoms with Gasteiger partial charge in [-0.2, -0.15) is 0 Å². The van der Waals surface area contributed by atoms with E-state index >= 15 is 0 Å². The second-order valence-electron chi connectivity index (χ2n) is 6.77. The van der Waals surface area contributed by atoms with Gasteiger partial charge in [0.25, 0.3) is 0 Å². The van der Waals surface area contributed by atoms with E-state index < -0.39 is 0 Å². The second kappa shape index (κ2) is 7.25. The van der Waals surface area contributed by atoms with Crippen molar-refractivity contribution in [3.63, 3.8) is 0 Å². The molecular formula is C16H29N3O2. The van der Waals surface area contributed by atoms with Gasteiger partial charge < -0.3 is 15.5 Å². The van der Waals surface area contributed by atoms with Gasteiger partial charge in [0.15, 0.2) is 0 Å². The number of carbonyl (C=O) groups is 2. The van der Waals surface area contributed by atoms with E-state index in [2.05, 4.69) is 17.6 Å². The third-order valence-electron chi connectivity index (χ3n) is 4.84. The van der Waals surface area contributed by atoms with Crippen LogP contribution in [-0.4, -0.2) is 48.9 Å². The Kier molecular flexibility index (Phi) is 5.62. The molecule has 2 saturated heterocycles. The molecular weight excluding hydrogens is 266 g/mol. The van der Waals surface area contributed by atoms with Crippen LogP contribution in [0.1, 0.15) is 52.4 Å². The molecule has 2 rings (SSSR count). The number of hydrogen-bond acceptors (Lipinski definition) is 3. The lowest BCUT2D eigenvalue weighted by molar-refractivity contribution is -0.138. The van der Waals surface area contributed by atoms with E-state index in [1.807, 2.05) is 6.92 Å². The number of nitrogens with zero attached hydrogens (tertiary/aromatic N) is 1. The van der Waals surface area contributed by atoms with Crippen LogP contribution in [0, 0.1) is 5.41 Å². The SMILES string of the molecule is CCCC(=O)N1CCCC1C(=O)NCC1(C)CCNCC1. The van der Waals surface area contributed by atoms with Crippen molar-refractivity contribution in [2.75, 3.05) is 26.2 Å². The van der Waals surface area contributed by atoms with E-state index in [4.69, 9.17) is 0 Å².